The van der Waals surface area contributed by atoms with Gasteiger partial charge in [0.1, 0.15) is 0 Å². The largest absolute Gasteiger partial charge is 0.453 e. The molecule has 0 saturated heterocycles. The van der Waals surface area contributed by atoms with Crippen LogP contribution in [-0.2, 0) is 6.18 Å². The minimum absolute atomic E-state index is 0.221. The number of aromatic nitrogens is 3. The van der Waals surface area contributed by atoms with Crippen molar-refractivity contribution >= 4 is 24.5 Å². The van der Waals surface area contributed by atoms with Crippen molar-refractivity contribution in [3.8, 4) is 0 Å². The predicted octanol–water partition coefficient (Wildman–Crippen LogP) is 3.51. The third-order valence-corrected chi connectivity index (χ3v) is 2.52. The Kier molecular flexibility index (Phi) is 4.14. The van der Waals surface area contributed by atoms with Crippen LogP contribution in [0.4, 0.5) is 13.2 Å². The van der Waals surface area contributed by atoms with Crippen molar-refractivity contribution in [1.29, 1.82) is 0 Å². The van der Waals surface area contributed by atoms with E-state index in [1.165, 1.54) is 12.3 Å². The lowest BCUT2D eigenvalue weighted by atomic mass is 10.2. The molecule has 1 heterocycles. The van der Waals surface area contributed by atoms with Gasteiger partial charge in [-0.15, -0.1) is 5.10 Å². The van der Waals surface area contributed by atoms with Crippen LogP contribution in [0.2, 0.25) is 0 Å². The number of alkyl halides is 3. The first-order valence-corrected chi connectivity index (χ1v) is 5.90. The van der Waals surface area contributed by atoms with Crippen LogP contribution in [-0.4, -0.2) is 21.1 Å². The van der Waals surface area contributed by atoms with Gasteiger partial charge in [0.15, 0.2) is 0 Å². The summed E-state index contributed by atoms with van der Waals surface area (Å²) in [5, 5.41) is 8.80. The van der Waals surface area contributed by atoms with E-state index in [-0.39, 0.29) is 4.77 Å². The van der Waals surface area contributed by atoms with Crippen LogP contribution in [0.25, 0.3) is 6.08 Å². The third kappa shape index (κ3) is 3.41. The number of aromatic amines is 1. The molecule has 0 radical (unpaired) electrons. The Morgan fingerprint density at radius 1 is 1.25 bits per heavy atom. The molecule has 0 aliphatic carbocycles. The first-order valence-electron chi connectivity index (χ1n) is 5.49. The van der Waals surface area contributed by atoms with Crippen molar-refractivity contribution < 1.29 is 13.2 Å². The second-order valence-corrected chi connectivity index (χ2v) is 4.08. The van der Waals surface area contributed by atoms with Crippen molar-refractivity contribution in [3.05, 3.63) is 52.6 Å². The highest BCUT2D eigenvalue weighted by Gasteiger charge is 2.37. The van der Waals surface area contributed by atoms with Gasteiger partial charge in [0, 0.05) is 6.21 Å². The minimum atomic E-state index is -4.62. The van der Waals surface area contributed by atoms with E-state index in [1.807, 2.05) is 30.3 Å². The van der Waals surface area contributed by atoms with Crippen molar-refractivity contribution in [2.75, 3.05) is 0 Å². The summed E-state index contributed by atoms with van der Waals surface area (Å²) in [6.07, 6.45) is -0.174. The number of nitrogens with one attached hydrogen (secondary N) is 1. The zero-order chi connectivity index (χ0) is 14.6. The Morgan fingerprint density at radius 2 is 1.95 bits per heavy atom. The van der Waals surface area contributed by atoms with Gasteiger partial charge in [-0.25, -0.2) is 5.10 Å². The molecule has 2 rings (SSSR count). The lowest BCUT2D eigenvalue weighted by molar-refractivity contribution is -0.147. The normalized spacial score (nSPS) is 12.6. The molecule has 1 aromatic heterocycles. The lowest BCUT2D eigenvalue weighted by Gasteiger charge is -2.03. The Bertz CT molecular complexity index is 683. The maximum Gasteiger partial charge on any atom is 0.453 e. The second kappa shape index (κ2) is 5.83. The summed E-state index contributed by atoms with van der Waals surface area (Å²) in [5.41, 5.74) is 0.908. The fourth-order valence-corrected chi connectivity index (χ4v) is 1.58. The van der Waals surface area contributed by atoms with Gasteiger partial charge in [-0.05, 0) is 23.9 Å². The quantitative estimate of drug-likeness (QED) is 0.696. The standard InChI is InChI=1S/C12H9F3N4S/c13-12(14,15)10-17-18-11(20)19(10)16-8-4-7-9-5-2-1-3-6-9/h1-8H,(H,18,20)/b7-4-,16-8+. The van der Waals surface area contributed by atoms with E-state index in [2.05, 4.69) is 15.3 Å². The molecule has 104 valence electrons. The molecule has 0 amide bonds. The van der Waals surface area contributed by atoms with E-state index in [1.54, 1.807) is 6.08 Å². The summed E-state index contributed by atoms with van der Waals surface area (Å²) in [7, 11) is 0. The molecule has 0 fully saturated rings. The van der Waals surface area contributed by atoms with E-state index in [0.29, 0.717) is 4.68 Å². The molecule has 0 aliphatic heterocycles. The fraction of sp³-hybridized carbons (Fsp3) is 0.0833. The zero-order valence-corrected chi connectivity index (χ0v) is 10.8. The molecule has 0 atom stereocenters. The topological polar surface area (TPSA) is 46.0 Å². The van der Waals surface area contributed by atoms with Crippen molar-refractivity contribution in [1.82, 2.24) is 14.9 Å². The van der Waals surface area contributed by atoms with Crippen molar-refractivity contribution in [2.24, 2.45) is 5.10 Å². The summed E-state index contributed by atoms with van der Waals surface area (Å²) in [5.74, 6) is -1.19. The van der Waals surface area contributed by atoms with Gasteiger partial charge in [0.25, 0.3) is 5.82 Å². The highest BCUT2D eigenvalue weighted by molar-refractivity contribution is 7.71. The molecule has 4 nitrogen and oxygen atoms in total. The van der Waals surface area contributed by atoms with Crippen LogP contribution in [0.1, 0.15) is 11.4 Å². The minimum Gasteiger partial charge on any atom is -0.250 e. The smallest absolute Gasteiger partial charge is 0.250 e. The molecular weight excluding hydrogens is 289 g/mol. The molecule has 0 saturated carbocycles. The summed E-state index contributed by atoms with van der Waals surface area (Å²) < 4.78 is 38.1. The van der Waals surface area contributed by atoms with Crippen molar-refractivity contribution in [2.45, 2.75) is 6.18 Å². The zero-order valence-electron chi connectivity index (χ0n) is 10.0. The number of H-pyrrole nitrogens is 1. The molecular formula is C12H9F3N4S. The lowest BCUT2D eigenvalue weighted by Crippen LogP contribution is -2.12. The molecule has 0 bridgehead atoms. The van der Waals surface area contributed by atoms with Gasteiger partial charge in [0.2, 0.25) is 4.77 Å². The SMILES string of the molecule is FC(F)(F)c1n[nH]c(=S)n1/N=C/C=C\c1ccccc1. The molecule has 2 aromatic rings. The van der Waals surface area contributed by atoms with E-state index in [4.69, 9.17) is 12.2 Å². The summed E-state index contributed by atoms with van der Waals surface area (Å²) in [4.78, 5) is 0. The highest BCUT2D eigenvalue weighted by atomic mass is 32.1. The van der Waals surface area contributed by atoms with Crippen LogP contribution < -0.4 is 0 Å². The monoisotopic (exact) mass is 298 g/mol. The maximum absolute atomic E-state index is 12.6. The van der Waals surface area contributed by atoms with Crippen LogP contribution in [0.5, 0.6) is 0 Å². The molecule has 20 heavy (non-hydrogen) atoms. The van der Waals surface area contributed by atoms with Crippen LogP contribution in [0.15, 0.2) is 41.5 Å². The fourth-order valence-electron chi connectivity index (χ4n) is 1.41. The Hall–Kier alpha value is -2.22. The number of halogens is 3. The number of hydrogen-bond acceptors (Lipinski definition) is 3. The Morgan fingerprint density at radius 3 is 2.60 bits per heavy atom. The number of hydrogen-bond donors (Lipinski definition) is 1. The predicted molar refractivity (Wildman–Crippen MR) is 71.8 cm³/mol. The van der Waals surface area contributed by atoms with Gasteiger partial charge in [-0.2, -0.15) is 22.9 Å². The van der Waals surface area contributed by atoms with Gasteiger partial charge >= 0.3 is 6.18 Å². The average molecular weight is 298 g/mol. The number of allylic oxidation sites excluding steroid dienone is 1. The van der Waals surface area contributed by atoms with E-state index in [9.17, 15) is 13.2 Å². The average Bonchev–Trinajstić information content (AvgIpc) is 2.77. The summed E-state index contributed by atoms with van der Waals surface area (Å²) >= 11 is 4.69. The molecule has 0 aliphatic rings. The Balaban J connectivity index is 2.19. The van der Waals surface area contributed by atoms with E-state index < -0.39 is 12.0 Å². The van der Waals surface area contributed by atoms with Crippen LogP contribution in [0, 0.1) is 4.77 Å². The molecule has 1 aromatic carbocycles. The molecule has 8 heteroatoms. The van der Waals surface area contributed by atoms with Gasteiger partial charge < -0.3 is 0 Å². The number of rotatable bonds is 3. The first kappa shape index (κ1) is 14.2. The Labute approximate surface area is 117 Å². The summed E-state index contributed by atoms with van der Waals surface area (Å²) in [6, 6.07) is 9.28. The van der Waals surface area contributed by atoms with Gasteiger partial charge in [-0.3, -0.25) is 0 Å². The number of nitrogens with zero attached hydrogens (tertiary/aromatic N) is 3. The van der Waals surface area contributed by atoms with Crippen molar-refractivity contribution in [3.63, 3.8) is 0 Å². The number of benzene rings is 1. The molecule has 0 unspecified atom stereocenters. The van der Waals surface area contributed by atoms with E-state index >= 15 is 0 Å². The third-order valence-electron chi connectivity index (χ3n) is 2.26. The summed E-state index contributed by atoms with van der Waals surface area (Å²) in [6.45, 7) is 0. The van der Waals surface area contributed by atoms with Gasteiger partial charge in [0.05, 0.1) is 0 Å². The maximum atomic E-state index is 12.6. The molecule has 1 N–H and O–H groups in total. The van der Waals surface area contributed by atoms with Crippen LogP contribution >= 0.6 is 12.2 Å². The molecule has 0 spiro atoms. The van der Waals surface area contributed by atoms with Crippen LogP contribution in [0.3, 0.4) is 0 Å². The van der Waals surface area contributed by atoms with Gasteiger partial charge in [-0.1, -0.05) is 36.4 Å². The first-order chi connectivity index (χ1) is 9.48. The van der Waals surface area contributed by atoms with E-state index in [0.717, 1.165) is 5.56 Å². The second-order valence-electron chi connectivity index (χ2n) is 3.70. The highest BCUT2D eigenvalue weighted by Crippen LogP contribution is 2.27.